The second-order valence-electron chi connectivity index (χ2n) is 7.66. The van der Waals surface area contributed by atoms with Gasteiger partial charge in [-0.15, -0.1) is 0 Å². The molecule has 2 N–H and O–H groups in total. The molecule has 138 valence electrons. The minimum absolute atomic E-state index is 0.0538. The number of ketones is 1. The molecule has 26 heavy (non-hydrogen) atoms. The zero-order valence-electron chi connectivity index (χ0n) is 15.2. The van der Waals surface area contributed by atoms with Crippen LogP contribution in [0.2, 0.25) is 0 Å². The largest absolute Gasteiger partial charge is 0.298 e. The van der Waals surface area contributed by atoms with E-state index in [1.54, 1.807) is 0 Å². The smallest absolute Gasteiger partial charge is 0.257 e. The molecule has 0 saturated carbocycles. The van der Waals surface area contributed by atoms with Crippen LogP contribution in [0.3, 0.4) is 0 Å². The van der Waals surface area contributed by atoms with Gasteiger partial charge in [-0.05, 0) is 31.4 Å². The lowest BCUT2D eigenvalue weighted by molar-refractivity contribution is -0.137. The van der Waals surface area contributed by atoms with Crippen LogP contribution >= 0.6 is 11.3 Å². The maximum Gasteiger partial charge on any atom is 0.257 e. The molecular weight excluding hydrogens is 348 g/mol. The van der Waals surface area contributed by atoms with Crippen molar-refractivity contribution in [3.63, 3.8) is 0 Å². The molecule has 2 aliphatic rings. The molecular formula is C19H24N4O2S. The summed E-state index contributed by atoms with van der Waals surface area (Å²) in [5, 5.41) is 5.48. The number of benzene rings is 1. The fraction of sp³-hybridized carbons (Fsp3) is 0.526. The number of rotatable bonds is 4. The molecule has 2 aliphatic heterocycles. The lowest BCUT2D eigenvalue weighted by atomic mass is 9.79. The third-order valence-corrected chi connectivity index (χ3v) is 6.36. The Balaban J connectivity index is 1.58. The predicted octanol–water partition coefficient (Wildman–Crippen LogP) is 2.70. The van der Waals surface area contributed by atoms with E-state index in [9.17, 15) is 9.59 Å². The van der Waals surface area contributed by atoms with Crippen molar-refractivity contribution in [3.8, 4) is 0 Å². The number of nitrogens with one attached hydrogen (secondary N) is 2. The minimum Gasteiger partial charge on any atom is -0.298 e. The van der Waals surface area contributed by atoms with Crippen LogP contribution in [0.4, 0.5) is 5.13 Å². The summed E-state index contributed by atoms with van der Waals surface area (Å²) in [4.78, 5) is 30.6. The number of thiazole rings is 1. The Morgan fingerprint density at radius 2 is 2.04 bits per heavy atom. The second kappa shape index (κ2) is 6.72. The quantitative estimate of drug-likeness (QED) is 0.807. The number of hydrazine groups is 1. The van der Waals surface area contributed by atoms with E-state index in [4.69, 9.17) is 0 Å². The Morgan fingerprint density at radius 1 is 1.27 bits per heavy atom. The monoisotopic (exact) mass is 372 g/mol. The maximum absolute atomic E-state index is 13.0. The lowest BCUT2D eigenvalue weighted by Crippen LogP contribution is -2.59. The van der Waals surface area contributed by atoms with Crippen LogP contribution in [0.15, 0.2) is 24.3 Å². The van der Waals surface area contributed by atoms with Crippen LogP contribution in [0.1, 0.15) is 33.6 Å². The van der Waals surface area contributed by atoms with E-state index in [0.29, 0.717) is 11.0 Å². The molecule has 0 aliphatic carbocycles. The van der Waals surface area contributed by atoms with Crippen LogP contribution in [-0.2, 0) is 9.59 Å². The fourth-order valence-corrected chi connectivity index (χ4v) is 4.80. The molecule has 2 fully saturated rings. The van der Waals surface area contributed by atoms with Gasteiger partial charge in [0.05, 0.1) is 16.4 Å². The van der Waals surface area contributed by atoms with Gasteiger partial charge in [0.2, 0.25) is 5.13 Å². The van der Waals surface area contributed by atoms with E-state index >= 15 is 0 Å². The Labute approximate surface area is 156 Å². The highest BCUT2D eigenvalue weighted by atomic mass is 32.1. The van der Waals surface area contributed by atoms with Gasteiger partial charge in [-0.1, -0.05) is 43.7 Å². The van der Waals surface area contributed by atoms with Crippen molar-refractivity contribution in [2.24, 2.45) is 17.8 Å². The van der Waals surface area contributed by atoms with E-state index in [1.165, 1.54) is 16.3 Å². The highest BCUT2D eigenvalue weighted by Crippen LogP contribution is 2.35. The van der Waals surface area contributed by atoms with Gasteiger partial charge >= 0.3 is 0 Å². The first-order chi connectivity index (χ1) is 12.5. The van der Waals surface area contributed by atoms with E-state index in [-0.39, 0.29) is 29.8 Å². The number of carbonyl (C=O) groups excluding carboxylic acids is 2. The number of carbonyl (C=O) groups is 2. The van der Waals surface area contributed by atoms with Crippen LogP contribution < -0.4 is 15.8 Å². The van der Waals surface area contributed by atoms with Crippen LogP contribution in [0.25, 0.3) is 10.2 Å². The first-order valence-corrected chi connectivity index (χ1v) is 10.0. The Bertz CT molecular complexity index is 816. The van der Waals surface area contributed by atoms with Gasteiger partial charge in [0.1, 0.15) is 5.92 Å². The van der Waals surface area contributed by atoms with Crippen LogP contribution in [0, 0.1) is 17.8 Å². The molecule has 2 aromatic rings. The van der Waals surface area contributed by atoms with E-state index in [1.807, 2.05) is 31.2 Å². The number of hydrogen-bond donors (Lipinski definition) is 2. The molecule has 0 spiro atoms. The van der Waals surface area contributed by atoms with Gasteiger partial charge in [-0.3, -0.25) is 14.9 Å². The number of amides is 1. The summed E-state index contributed by atoms with van der Waals surface area (Å²) in [7, 11) is 0. The topological polar surface area (TPSA) is 74.3 Å². The molecule has 1 aromatic heterocycles. The number of fused-ring (bicyclic) bond motifs is 2. The van der Waals surface area contributed by atoms with Crippen molar-refractivity contribution in [2.75, 3.05) is 5.01 Å². The maximum atomic E-state index is 13.0. The standard InChI is InChI=1S/C19H24N4O2S/c1-10(2)8-9-12-11(3)20-17-15(16(12)24)18(25)23(22-17)19-21-13-6-4-5-7-14(13)26-19/h4-7,10-12,15,17,20,22H,8-9H2,1-3H3. The molecule has 1 amide bonds. The van der Waals surface area contributed by atoms with Crippen LogP contribution in [0.5, 0.6) is 0 Å². The van der Waals surface area contributed by atoms with Gasteiger partial charge in [-0.2, -0.15) is 0 Å². The second-order valence-corrected chi connectivity index (χ2v) is 8.67. The molecule has 3 heterocycles. The molecule has 0 bridgehead atoms. The van der Waals surface area contributed by atoms with Crippen molar-refractivity contribution in [1.82, 2.24) is 15.7 Å². The first kappa shape index (κ1) is 17.6. The van der Waals surface area contributed by atoms with E-state index < -0.39 is 5.92 Å². The van der Waals surface area contributed by atoms with E-state index in [2.05, 4.69) is 29.6 Å². The summed E-state index contributed by atoms with van der Waals surface area (Å²) in [5.41, 5.74) is 4.03. The van der Waals surface area contributed by atoms with E-state index in [0.717, 1.165) is 23.1 Å². The van der Waals surface area contributed by atoms with Gasteiger partial charge in [0.25, 0.3) is 5.91 Å². The predicted molar refractivity (Wildman–Crippen MR) is 103 cm³/mol. The number of anilines is 1. The molecule has 2 saturated heterocycles. The Morgan fingerprint density at radius 3 is 2.77 bits per heavy atom. The number of para-hydroxylation sites is 1. The van der Waals surface area contributed by atoms with Crippen molar-refractivity contribution in [2.45, 2.75) is 45.8 Å². The summed E-state index contributed by atoms with van der Waals surface area (Å²) in [6, 6.07) is 7.85. The molecule has 4 rings (SSSR count). The normalized spacial score (nSPS) is 29.0. The Kier molecular flexibility index (Phi) is 4.54. The van der Waals surface area contributed by atoms with Crippen molar-refractivity contribution < 1.29 is 9.59 Å². The fourth-order valence-electron chi connectivity index (χ4n) is 3.87. The van der Waals surface area contributed by atoms with Crippen molar-refractivity contribution >= 4 is 38.4 Å². The minimum atomic E-state index is -0.671. The zero-order chi connectivity index (χ0) is 18.4. The van der Waals surface area contributed by atoms with Gasteiger partial charge in [0.15, 0.2) is 5.78 Å². The molecule has 6 nitrogen and oxygen atoms in total. The summed E-state index contributed by atoms with van der Waals surface area (Å²) in [6.07, 6.45) is 1.46. The summed E-state index contributed by atoms with van der Waals surface area (Å²) < 4.78 is 1.02. The third-order valence-electron chi connectivity index (χ3n) is 5.33. The molecule has 4 atom stereocenters. The number of nitrogens with zero attached hydrogens (tertiary/aromatic N) is 2. The highest BCUT2D eigenvalue weighted by molar-refractivity contribution is 7.22. The Hall–Kier alpha value is -1.83. The average Bonchev–Trinajstić information content (AvgIpc) is 3.15. The number of piperidine rings is 1. The molecule has 4 unspecified atom stereocenters. The molecule has 7 heteroatoms. The first-order valence-electron chi connectivity index (χ1n) is 9.21. The van der Waals surface area contributed by atoms with Gasteiger partial charge < -0.3 is 0 Å². The summed E-state index contributed by atoms with van der Waals surface area (Å²) >= 11 is 1.45. The number of aromatic nitrogens is 1. The lowest BCUT2D eigenvalue weighted by Gasteiger charge is -2.35. The van der Waals surface area contributed by atoms with Crippen LogP contribution in [-0.4, -0.2) is 28.9 Å². The zero-order valence-corrected chi connectivity index (χ0v) is 16.0. The van der Waals surface area contributed by atoms with Crippen molar-refractivity contribution in [3.05, 3.63) is 24.3 Å². The number of Topliss-reactive ketones (excluding diaryl/α,β-unsaturated/α-hetero) is 1. The van der Waals surface area contributed by atoms with Gasteiger partial charge in [-0.25, -0.2) is 15.4 Å². The van der Waals surface area contributed by atoms with Gasteiger partial charge in [0, 0.05) is 12.0 Å². The van der Waals surface area contributed by atoms with Crippen molar-refractivity contribution in [1.29, 1.82) is 0 Å². The SMILES string of the molecule is CC(C)CCC1C(=O)C2C(=O)N(c3nc4ccccc4s3)NC2NC1C. The summed E-state index contributed by atoms with van der Waals surface area (Å²) in [5.74, 6) is -0.379. The highest BCUT2D eigenvalue weighted by Gasteiger charge is 2.52. The number of hydrogen-bond acceptors (Lipinski definition) is 6. The average molecular weight is 372 g/mol. The molecule has 0 radical (unpaired) electrons. The third kappa shape index (κ3) is 2.94. The summed E-state index contributed by atoms with van der Waals surface area (Å²) in [6.45, 7) is 6.35. The molecule has 1 aromatic carbocycles.